The summed E-state index contributed by atoms with van der Waals surface area (Å²) >= 11 is 0. The van der Waals surface area contributed by atoms with Gasteiger partial charge in [-0.2, -0.15) is 4.98 Å². The molecule has 2 fully saturated rings. The second-order valence-corrected chi connectivity index (χ2v) is 11.1. The standard InChI is InChI=1S/C28H42N6O4/c1-18(9-8-14-30-3)19(2)38-23-17-22(34-16-15-33(4)27(34)37)31-26(32-23)24(29)20-10-7-13-28(25(20)36)12-6-5-11-21(28)35/h17-19,29-30,36H,5-16H2,1-4H3/t18-,19-,28+/m0/s1. The first-order valence-corrected chi connectivity index (χ1v) is 14.0. The highest BCUT2D eigenvalue weighted by atomic mass is 16.5. The highest BCUT2D eigenvalue weighted by molar-refractivity contribution is 6.10. The molecule has 208 valence electrons. The number of Topliss-reactive ketones (excluding diaryl/α,β-unsaturated/α-hetero) is 1. The van der Waals surface area contributed by atoms with E-state index in [1.807, 2.05) is 14.0 Å². The minimum absolute atomic E-state index is 0.0124. The van der Waals surface area contributed by atoms with Crippen LogP contribution in [0.4, 0.5) is 10.6 Å². The SMILES string of the molecule is CNCCC[C@H](C)[C@H](C)Oc1cc(N2CCN(C)C2=O)nc(C(=N)C2=C(O)[C@]3(CCCCC3=O)CCC2)n1. The van der Waals surface area contributed by atoms with Gasteiger partial charge >= 0.3 is 6.03 Å². The number of anilines is 1. The van der Waals surface area contributed by atoms with Crippen LogP contribution in [-0.2, 0) is 4.79 Å². The van der Waals surface area contributed by atoms with Gasteiger partial charge in [0.05, 0.1) is 5.41 Å². The van der Waals surface area contributed by atoms with E-state index in [-0.39, 0.29) is 41.1 Å². The van der Waals surface area contributed by atoms with Crippen molar-refractivity contribution in [3.05, 3.63) is 23.2 Å². The molecule has 4 rings (SSSR count). The number of likely N-dealkylation sites (N-methyl/N-ethyl adjacent to an activating group) is 1. The van der Waals surface area contributed by atoms with Gasteiger partial charge in [0.25, 0.3) is 0 Å². The molecular weight excluding hydrogens is 484 g/mol. The molecule has 1 saturated heterocycles. The number of hydrogen-bond donors (Lipinski definition) is 3. The van der Waals surface area contributed by atoms with Crippen LogP contribution >= 0.6 is 0 Å². The minimum atomic E-state index is -0.889. The first kappa shape index (κ1) is 28.0. The number of rotatable bonds is 10. The van der Waals surface area contributed by atoms with Crippen LogP contribution in [0.3, 0.4) is 0 Å². The zero-order chi connectivity index (χ0) is 27.4. The Labute approximate surface area is 225 Å². The summed E-state index contributed by atoms with van der Waals surface area (Å²) in [6.45, 7) is 6.11. The summed E-state index contributed by atoms with van der Waals surface area (Å²) < 4.78 is 6.25. The van der Waals surface area contributed by atoms with Crippen LogP contribution < -0.4 is 15.0 Å². The van der Waals surface area contributed by atoms with Crippen molar-refractivity contribution in [3.63, 3.8) is 0 Å². The number of carbonyl (C=O) groups excluding carboxylic acids is 2. The van der Waals surface area contributed by atoms with E-state index in [0.29, 0.717) is 62.5 Å². The molecule has 1 aromatic rings. The lowest BCUT2D eigenvalue weighted by atomic mass is 9.64. The van der Waals surface area contributed by atoms with Crippen molar-refractivity contribution >= 4 is 23.3 Å². The fraction of sp³-hybridized carbons (Fsp3) is 0.679. The van der Waals surface area contributed by atoms with Crippen LogP contribution in [-0.4, -0.2) is 77.3 Å². The molecule has 10 heteroatoms. The van der Waals surface area contributed by atoms with Crippen LogP contribution in [0.15, 0.2) is 17.4 Å². The molecule has 0 aromatic carbocycles. The maximum absolute atomic E-state index is 12.9. The van der Waals surface area contributed by atoms with Crippen molar-refractivity contribution < 1.29 is 19.4 Å². The van der Waals surface area contributed by atoms with Crippen molar-refractivity contribution in [2.45, 2.75) is 77.7 Å². The minimum Gasteiger partial charge on any atom is -0.511 e. The smallest absolute Gasteiger partial charge is 0.325 e. The molecule has 1 saturated carbocycles. The summed E-state index contributed by atoms with van der Waals surface area (Å²) in [5, 5.41) is 23.5. The third-order valence-corrected chi connectivity index (χ3v) is 8.46. The third kappa shape index (κ3) is 5.55. The number of urea groups is 1. The van der Waals surface area contributed by atoms with Crippen LogP contribution in [0.1, 0.15) is 77.5 Å². The number of hydrogen-bond acceptors (Lipinski definition) is 8. The summed E-state index contributed by atoms with van der Waals surface area (Å²) in [5.41, 5.74) is -0.477. The van der Waals surface area contributed by atoms with E-state index >= 15 is 0 Å². The zero-order valence-corrected chi connectivity index (χ0v) is 23.2. The van der Waals surface area contributed by atoms with Crippen molar-refractivity contribution in [1.82, 2.24) is 20.2 Å². The quantitative estimate of drug-likeness (QED) is 0.307. The van der Waals surface area contributed by atoms with E-state index in [2.05, 4.69) is 22.2 Å². The Morgan fingerprint density at radius 3 is 2.63 bits per heavy atom. The van der Waals surface area contributed by atoms with Gasteiger partial charge in [-0.05, 0) is 71.4 Å². The molecule has 38 heavy (non-hydrogen) atoms. The molecule has 0 radical (unpaired) electrons. The molecule has 2 amide bonds. The fourth-order valence-electron chi connectivity index (χ4n) is 5.80. The lowest BCUT2D eigenvalue weighted by Crippen LogP contribution is -2.39. The van der Waals surface area contributed by atoms with E-state index in [4.69, 9.17) is 10.1 Å². The number of aliphatic hydroxyl groups is 1. The Balaban J connectivity index is 1.67. The van der Waals surface area contributed by atoms with Crippen molar-refractivity contribution in [2.24, 2.45) is 11.3 Å². The largest absolute Gasteiger partial charge is 0.511 e. The predicted molar refractivity (Wildman–Crippen MR) is 146 cm³/mol. The fourth-order valence-corrected chi connectivity index (χ4v) is 5.80. The summed E-state index contributed by atoms with van der Waals surface area (Å²) in [6, 6.07) is 1.48. The molecule has 0 unspecified atom stereocenters. The number of allylic oxidation sites excluding steroid dienone is 2. The first-order valence-electron chi connectivity index (χ1n) is 14.0. The number of nitrogens with one attached hydrogen (secondary N) is 2. The number of amides is 2. The number of aliphatic hydroxyl groups excluding tert-OH is 1. The van der Waals surface area contributed by atoms with Gasteiger partial charge in [-0.1, -0.05) is 13.3 Å². The predicted octanol–water partition coefficient (Wildman–Crippen LogP) is 4.24. The second-order valence-electron chi connectivity index (χ2n) is 11.1. The lowest BCUT2D eigenvalue weighted by molar-refractivity contribution is -0.131. The van der Waals surface area contributed by atoms with E-state index < -0.39 is 5.41 Å². The van der Waals surface area contributed by atoms with Crippen molar-refractivity contribution in [1.29, 1.82) is 5.41 Å². The Hall–Kier alpha value is -3.01. The molecule has 2 heterocycles. The van der Waals surface area contributed by atoms with Gasteiger partial charge < -0.3 is 20.1 Å². The van der Waals surface area contributed by atoms with Gasteiger partial charge in [-0.15, -0.1) is 0 Å². The van der Waals surface area contributed by atoms with Gasteiger partial charge in [0.15, 0.2) is 5.82 Å². The third-order valence-electron chi connectivity index (χ3n) is 8.46. The second kappa shape index (κ2) is 11.8. The number of ketones is 1. The molecule has 3 aliphatic rings. The molecule has 1 spiro atoms. The van der Waals surface area contributed by atoms with Gasteiger partial charge in [0.1, 0.15) is 29.2 Å². The molecule has 0 bridgehead atoms. The maximum atomic E-state index is 12.9. The molecule has 3 atom stereocenters. The normalized spacial score (nSPS) is 23.8. The molecule has 1 aromatic heterocycles. The molecule has 1 aliphatic heterocycles. The molecule has 2 aliphatic carbocycles. The van der Waals surface area contributed by atoms with Crippen molar-refractivity contribution in [3.8, 4) is 5.88 Å². The van der Waals surface area contributed by atoms with E-state index in [9.17, 15) is 14.7 Å². The van der Waals surface area contributed by atoms with Crippen LogP contribution in [0.25, 0.3) is 0 Å². The maximum Gasteiger partial charge on any atom is 0.325 e. The summed E-state index contributed by atoms with van der Waals surface area (Å²) in [6.07, 6.45) is 6.48. The molecule has 10 nitrogen and oxygen atoms in total. The topological polar surface area (TPSA) is 132 Å². The molecule has 3 N–H and O–H groups in total. The summed E-state index contributed by atoms with van der Waals surface area (Å²) in [7, 11) is 3.68. The zero-order valence-electron chi connectivity index (χ0n) is 23.2. The monoisotopic (exact) mass is 526 g/mol. The Kier molecular flexibility index (Phi) is 8.70. The van der Waals surface area contributed by atoms with Gasteiger partial charge in [-0.3, -0.25) is 15.1 Å². The van der Waals surface area contributed by atoms with Crippen molar-refractivity contribution in [2.75, 3.05) is 38.6 Å². The number of nitrogens with zero attached hydrogens (tertiary/aromatic N) is 4. The Morgan fingerprint density at radius 2 is 1.95 bits per heavy atom. The van der Waals surface area contributed by atoms with E-state index in [1.165, 1.54) is 0 Å². The lowest BCUT2D eigenvalue weighted by Gasteiger charge is -2.39. The average Bonchev–Trinajstić information content (AvgIpc) is 3.24. The van der Waals surface area contributed by atoms with Crippen LogP contribution in [0.5, 0.6) is 5.88 Å². The first-order chi connectivity index (χ1) is 18.2. The Bertz CT molecular complexity index is 1100. The molecular formula is C28H42N6O4. The number of aromatic nitrogens is 2. The van der Waals surface area contributed by atoms with Gasteiger partial charge in [-0.25, -0.2) is 9.78 Å². The van der Waals surface area contributed by atoms with Gasteiger partial charge in [0, 0.05) is 38.2 Å². The van der Waals surface area contributed by atoms with Crippen LogP contribution in [0, 0.1) is 16.7 Å². The summed E-state index contributed by atoms with van der Waals surface area (Å²) in [5.74, 6) is 1.11. The Morgan fingerprint density at radius 1 is 1.18 bits per heavy atom. The van der Waals surface area contributed by atoms with E-state index in [0.717, 1.165) is 32.2 Å². The average molecular weight is 527 g/mol. The van der Waals surface area contributed by atoms with E-state index in [1.54, 1.807) is 22.9 Å². The number of carbonyl (C=O) groups is 2. The number of ether oxygens (including phenoxy) is 1. The van der Waals surface area contributed by atoms with Crippen LogP contribution in [0.2, 0.25) is 0 Å². The highest BCUT2D eigenvalue weighted by Gasteiger charge is 2.47. The summed E-state index contributed by atoms with van der Waals surface area (Å²) in [4.78, 5) is 38.1. The highest BCUT2D eigenvalue weighted by Crippen LogP contribution is 2.48. The van der Waals surface area contributed by atoms with Gasteiger partial charge in [0.2, 0.25) is 5.88 Å².